The van der Waals surface area contributed by atoms with Crippen LogP contribution in [0.4, 0.5) is 16.4 Å². The first kappa shape index (κ1) is 32.1. The van der Waals surface area contributed by atoms with Gasteiger partial charge < -0.3 is 20.1 Å². The van der Waals surface area contributed by atoms with Gasteiger partial charge >= 0.3 is 0 Å². The fourth-order valence-electron chi connectivity index (χ4n) is 5.01. The van der Waals surface area contributed by atoms with E-state index in [1.807, 2.05) is 12.1 Å². The van der Waals surface area contributed by atoms with E-state index < -0.39 is 21.0 Å². The number of amides is 2. The number of para-hydroxylation sites is 2. The molecule has 1 aliphatic carbocycles. The van der Waals surface area contributed by atoms with Gasteiger partial charge in [0.05, 0.1) is 15.4 Å². The van der Waals surface area contributed by atoms with Crippen molar-refractivity contribution in [3.8, 4) is 11.5 Å². The quantitative estimate of drug-likeness (QED) is 0.122. The molecule has 2 N–H and O–H groups in total. The maximum atomic E-state index is 13.3. The van der Waals surface area contributed by atoms with Crippen LogP contribution in [0.5, 0.6) is 11.5 Å². The van der Waals surface area contributed by atoms with Crippen molar-refractivity contribution in [3.05, 3.63) is 120 Å². The molecule has 0 saturated heterocycles. The van der Waals surface area contributed by atoms with Gasteiger partial charge in [-0.2, -0.15) is 0 Å². The number of nitro groups is 2. The lowest BCUT2D eigenvalue weighted by atomic mass is 9.95. The molecular weight excluding hydrogens is 640 g/mol. The highest BCUT2D eigenvalue weighted by atomic mass is 35.5. The molecule has 0 spiro atoms. The fourth-order valence-corrected chi connectivity index (χ4v) is 6.45. The average molecular weight is 665 g/mol. The van der Waals surface area contributed by atoms with Crippen molar-refractivity contribution in [3.63, 3.8) is 0 Å². The van der Waals surface area contributed by atoms with Crippen molar-refractivity contribution in [2.75, 3.05) is 12.1 Å². The van der Waals surface area contributed by atoms with Crippen LogP contribution >= 0.6 is 22.9 Å². The Kier molecular flexibility index (Phi) is 9.88. The number of carbonyl (C=O) groups excluding carboxylic acids is 3. The van der Waals surface area contributed by atoms with E-state index in [9.17, 15) is 34.6 Å². The SMILES string of the molecule is O=C(Cl)c1ccccc1[N+](=O)[O-].O=C(Nc1sc2c(c1C(=O)NCc1ccc3c(c1)OCO3)CCCC2)c1ccccc1[N+](=O)[O-]. The predicted molar refractivity (Wildman–Crippen MR) is 169 cm³/mol. The summed E-state index contributed by atoms with van der Waals surface area (Å²) in [5, 5.41) is 27.0. The Morgan fingerprint density at radius 1 is 0.826 bits per heavy atom. The maximum Gasteiger partial charge on any atom is 0.282 e. The second kappa shape index (κ2) is 14.2. The minimum absolute atomic E-state index is 0.0504. The predicted octanol–water partition coefficient (Wildman–Crippen LogP) is 6.42. The van der Waals surface area contributed by atoms with Crippen molar-refractivity contribution in [2.24, 2.45) is 0 Å². The Labute approximate surface area is 270 Å². The number of aryl methyl sites for hydroxylation is 1. The third-order valence-electron chi connectivity index (χ3n) is 7.17. The number of benzene rings is 3. The van der Waals surface area contributed by atoms with Crippen LogP contribution in [0.25, 0.3) is 0 Å². The molecule has 0 atom stereocenters. The summed E-state index contributed by atoms with van der Waals surface area (Å²) >= 11 is 6.48. The number of hydrogen-bond donors (Lipinski definition) is 2. The molecule has 0 fully saturated rings. The molecule has 6 rings (SSSR count). The van der Waals surface area contributed by atoms with Crippen LogP contribution in [0.3, 0.4) is 0 Å². The van der Waals surface area contributed by atoms with Gasteiger partial charge in [0.2, 0.25) is 6.79 Å². The van der Waals surface area contributed by atoms with Gasteiger partial charge in [-0.15, -0.1) is 11.3 Å². The van der Waals surface area contributed by atoms with E-state index in [1.165, 1.54) is 53.8 Å². The molecule has 1 aliphatic heterocycles. The van der Waals surface area contributed by atoms with Gasteiger partial charge in [-0.05, 0) is 72.7 Å². The summed E-state index contributed by atoms with van der Waals surface area (Å²) < 4.78 is 10.7. The number of thiophene rings is 1. The molecular formula is C31H25ClN4O9S. The summed E-state index contributed by atoms with van der Waals surface area (Å²) in [7, 11) is 0. The fraction of sp³-hybridized carbons (Fsp3) is 0.194. The second-order valence-electron chi connectivity index (χ2n) is 10.1. The Morgan fingerprint density at radius 3 is 2.13 bits per heavy atom. The summed E-state index contributed by atoms with van der Waals surface area (Å²) in [4.78, 5) is 58.4. The minimum Gasteiger partial charge on any atom is -0.454 e. The van der Waals surface area contributed by atoms with Crippen LogP contribution < -0.4 is 20.1 Å². The molecule has 15 heteroatoms. The lowest BCUT2D eigenvalue weighted by molar-refractivity contribution is -0.385. The topological polar surface area (TPSA) is 180 Å². The van der Waals surface area contributed by atoms with E-state index in [2.05, 4.69) is 10.6 Å². The highest BCUT2D eigenvalue weighted by molar-refractivity contribution is 7.17. The number of nitro benzene ring substituents is 2. The number of carbonyl (C=O) groups is 3. The standard InChI is InChI=1S/C24H21N3O6S.C7H4ClNO3/c28-22(15-5-1-3-7-17(15)27(30)31)26-24-21(16-6-2-4-8-20(16)34-24)23(29)25-12-14-9-10-18-19(11-14)33-13-32-18;8-7(10)5-3-1-2-4-6(5)9(11)12/h1,3,5,7,9-11H,2,4,6,8,12-13H2,(H,25,29)(H,26,28);1-4H. The Morgan fingerprint density at radius 2 is 1.46 bits per heavy atom. The van der Waals surface area contributed by atoms with Gasteiger partial charge in [-0.3, -0.25) is 34.6 Å². The molecule has 2 amide bonds. The lowest BCUT2D eigenvalue weighted by Gasteiger charge is -2.13. The van der Waals surface area contributed by atoms with Crippen molar-refractivity contribution < 1.29 is 33.7 Å². The molecule has 2 aliphatic rings. The molecule has 1 aromatic heterocycles. The smallest absolute Gasteiger partial charge is 0.282 e. The summed E-state index contributed by atoms with van der Waals surface area (Å²) in [5.41, 5.74) is 1.55. The molecule has 46 heavy (non-hydrogen) atoms. The van der Waals surface area contributed by atoms with Gasteiger partial charge in [0.15, 0.2) is 11.5 Å². The zero-order valence-corrected chi connectivity index (χ0v) is 25.5. The number of ether oxygens (including phenoxy) is 2. The highest BCUT2D eigenvalue weighted by Gasteiger charge is 2.28. The largest absolute Gasteiger partial charge is 0.454 e. The first-order chi connectivity index (χ1) is 22.1. The van der Waals surface area contributed by atoms with E-state index in [1.54, 1.807) is 12.1 Å². The molecule has 0 bridgehead atoms. The summed E-state index contributed by atoms with van der Waals surface area (Å²) in [5.74, 6) is 0.393. The first-order valence-electron chi connectivity index (χ1n) is 13.9. The van der Waals surface area contributed by atoms with Gasteiger partial charge in [-0.1, -0.05) is 30.3 Å². The number of anilines is 1. The van der Waals surface area contributed by atoms with E-state index in [-0.39, 0.29) is 41.7 Å². The van der Waals surface area contributed by atoms with Gasteiger partial charge in [0, 0.05) is 23.6 Å². The highest BCUT2D eigenvalue weighted by Crippen LogP contribution is 2.39. The van der Waals surface area contributed by atoms with Crippen molar-refractivity contribution >= 4 is 56.4 Å². The molecule has 2 heterocycles. The van der Waals surface area contributed by atoms with Crippen molar-refractivity contribution in [2.45, 2.75) is 32.2 Å². The summed E-state index contributed by atoms with van der Waals surface area (Å²) in [6, 6.07) is 16.8. The monoisotopic (exact) mass is 664 g/mol. The number of nitrogens with zero attached hydrogens (tertiary/aromatic N) is 2. The van der Waals surface area contributed by atoms with Crippen molar-refractivity contribution in [1.29, 1.82) is 0 Å². The lowest BCUT2D eigenvalue weighted by Crippen LogP contribution is -2.25. The number of nitrogens with one attached hydrogen (secondary N) is 2. The molecule has 236 valence electrons. The number of halogens is 1. The van der Waals surface area contributed by atoms with E-state index in [0.29, 0.717) is 22.1 Å². The molecule has 0 saturated carbocycles. The van der Waals surface area contributed by atoms with E-state index >= 15 is 0 Å². The van der Waals surface area contributed by atoms with Crippen molar-refractivity contribution in [1.82, 2.24) is 5.32 Å². The number of rotatable bonds is 8. The minimum atomic E-state index is -0.817. The first-order valence-corrected chi connectivity index (χ1v) is 15.1. The van der Waals surface area contributed by atoms with Crippen LogP contribution in [-0.2, 0) is 19.4 Å². The molecule has 0 unspecified atom stereocenters. The normalized spacial score (nSPS) is 12.6. The molecule has 4 aromatic rings. The molecule has 3 aromatic carbocycles. The van der Waals surface area contributed by atoms with E-state index in [4.69, 9.17) is 21.1 Å². The van der Waals surface area contributed by atoms with Gasteiger partial charge in [0.1, 0.15) is 16.1 Å². The van der Waals surface area contributed by atoms with Crippen LogP contribution in [0.2, 0.25) is 0 Å². The van der Waals surface area contributed by atoms with Crippen LogP contribution in [0, 0.1) is 20.2 Å². The molecule has 0 radical (unpaired) electrons. The zero-order valence-electron chi connectivity index (χ0n) is 23.9. The summed E-state index contributed by atoms with van der Waals surface area (Å²) in [6.07, 6.45) is 3.57. The Bertz CT molecular complexity index is 1830. The third kappa shape index (κ3) is 7.14. The second-order valence-corrected chi connectivity index (χ2v) is 11.5. The Hall–Kier alpha value is -5.34. The van der Waals surface area contributed by atoms with Gasteiger partial charge in [-0.25, -0.2) is 0 Å². The summed E-state index contributed by atoms with van der Waals surface area (Å²) in [6.45, 7) is 0.451. The van der Waals surface area contributed by atoms with E-state index in [0.717, 1.165) is 41.7 Å². The number of fused-ring (bicyclic) bond motifs is 2. The maximum absolute atomic E-state index is 13.3. The van der Waals surface area contributed by atoms with Gasteiger partial charge in [0.25, 0.3) is 28.4 Å². The van der Waals surface area contributed by atoms with Crippen LogP contribution in [-0.4, -0.2) is 33.7 Å². The average Bonchev–Trinajstić information content (AvgIpc) is 3.67. The number of hydrogen-bond acceptors (Lipinski definition) is 10. The Balaban J connectivity index is 0.000000293. The van der Waals surface area contributed by atoms with Crippen LogP contribution in [0.1, 0.15) is 59.9 Å². The van der Waals surface area contributed by atoms with Crippen LogP contribution in [0.15, 0.2) is 66.7 Å². The zero-order chi connectivity index (χ0) is 32.8. The third-order valence-corrected chi connectivity index (χ3v) is 8.58. The molecule has 13 nitrogen and oxygen atoms in total.